The van der Waals surface area contributed by atoms with Crippen molar-refractivity contribution in [3.63, 3.8) is 0 Å². The molecular weight excluding hydrogens is 104 g/mol. The molecule has 0 N–H and O–H groups in total. The van der Waals surface area contributed by atoms with E-state index in [2.05, 4.69) is 4.99 Å². The number of rotatable bonds is 0. The molecule has 40 valence electrons. The Hall–Kier alpha value is -1.30. The highest BCUT2D eigenvalue weighted by Crippen LogP contribution is 1.93. The van der Waals surface area contributed by atoms with Crippen LogP contribution in [0.4, 0.5) is 0 Å². The van der Waals surface area contributed by atoms with Gasteiger partial charge in [0.25, 0.3) is 0 Å². The van der Waals surface area contributed by atoms with E-state index in [4.69, 9.17) is 10.00 Å². The molecule has 3 heteroatoms. The summed E-state index contributed by atoms with van der Waals surface area (Å²) < 4.78 is 4.74. The maximum absolute atomic E-state index is 8.19. The molecule has 8 heavy (non-hydrogen) atoms. The zero-order valence-electron chi connectivity index (χ0n) is 4.11. The molecule has 1 rings (SSSR count). The van der Waals surface area contributed by atoms with Crippen LogP contribution in [0.3, 0.4) is 0 Å². The van der Waals surface area contributed by atoms with Crippen LogP contribution in [0.25, 0.3) is 0 Å². The van der Waals surface area contributed by atoms with Crippen molar-refractivity contribution in [2.45, 2.75) is 6.10 Å². The van der Waals surface area contributed by atoms with Gasteiger partial charge in [-0.15, -0.1) is 0 Å². The maximum atomic E-state index is 8.19. The monoisotopic (exact) mass is 108 g/mol. The Morgan fingerprint density at radius 2 is 2.62 bits per heavy atom. The van der Waals surface area contributed by atoms with E-state index in [0.717, 1.165) is 0 Å². The van der Waals surface area contributed by atoms with Gasteiger partial charge in [0.15, 0.2) is 0 Å². The van der Waals surface area contributed by atoms with Crippen LogP contribution in [-0.4, -0.2) is 12.3 Å². The highest BCUT2D eigenvalue weighted by molar-refractivity contribution is 5.68. The number of aliphatic imine (C=N–C) groups is 1. The lowest BCUT2D eigenvalue weighted by atomic mass is 10.4. The summed E-state index contributed by atoms with van der Waals surface area (Å²) in [5.74, 6) is 0. The predicted octanol–water partition coefficient (Wildman–Crippen LogP) is 0.451. The largest absolute Gasteiger partial charge is 0.476 e. The summed E-state index contributed by atoms with van der Waals surface area (Å²) in [5, 5.41) is 8.19. The molecule has 1 heterocycles. The van der Waals surface area contributed by atoms with Gasteiger partial charge in [0, 0.05) is 0 Å². The summed E-state index contributed by atoms with van der Waals surface area (Å²) in [6.45, 7) is 0. The Bertz CT molecular complexity index is 166. The van der Waals surface area contributed by atoms with E-state index in [1.807, 2.05) is 6.07 Å². The molecule has 0 bridgehead atoms. The smallest absolute Gasteiger partial charge is 0.218 e. The molecule has 0 aliphatic carbocycles. The Labute approximate surface area is 46.9 Å². The van der Waals surface area contributed by atoms with Crippen LogP contribution >= 0.6 is 0 Å². The number of ether oxygens (including phenoxy) is 1. The van der Waals surface area contributed by atoms with Gasteiger partial charge in [0.05, 0.1) is 12.4 Å². The van der Waals surface area contributed by atoms with Crippen molar-refractivity contribution in [3.8, 4) is 6.07 Å². The van der Waals surface area contributed by atoms with Gasteiger partial charge in [-0.05, 0) is 0 Å². The fourth-order valence-electron chi connectivity index (χ4n) is 0.382. The van der Waals surface area contributed by atoms with E-state index in [-0.39, 0.29) is 0 Å². The Morgan fingerprint density at radius 1 is 1.75 bits per heavy atom. The van der Waals surface area contributed by atoms with Crippen LogP contribution in [0.5, 0.6) is 0 Å². The van der Waals surface area contributed by atoms with Crippen molar-refractivity contribution in [2.24, 2.45) is 4.99 Å². The second kappa shape index (κ2) is 2.12. The van der Waals surface area contributed by atoms with Crippen molar-refractivity contribution in [1.29, 1.82) is 5.26 Å². The van der Waals surface area contributed by atoms with E-state index in [1.54, 1.807) is 0 Å². The minimum absolute atomic E-state index is 0.486. The van der Waals surface area contributed by atoms with Crippen LogP contribution in [0, 0.1) is 11.3 Å². The summed E-state index contributed by atoms with van der Waals surface area (Å²) in [5.41, 5.74) is 0. The van der Waals surface area contributed by atoms with Gasteiger partial charge in [-0.3, -0.25) is 4.99 Å². The topological polar surface area (TPSA) is 45.4 Å². The first-order chi connectivity index (χ1) is 3.93. The zero-order chi connectivity index (χ0) is 5.82. The SMILES string of the molecule is N#CC1C=NC=CO1. The Morgan fingerprint density at radius 3 is 3.00 bits per heavy atom. The molecule has 0 aromatic heterocycles. The molecule has 0 aromatic rings. The minimum Gasteiger partial charge on any atom is -0.476 e. The molecule has 0 amide bonds. The van der Waals surface area contributed by atoms with Crippen LogP contribution < -0.4 is 0 Å². The van der Waals surface area contributed by atoms with E-state index in [1.165, 1.54) is 18.7 Å². The van der Waals surface area contributed by atoms with Crippen molar-refractivity contribution >= 4 is 6.21 Å². The van der Waals surface area contributed by atoms with Gasteiger partial charge < -0.3 is 4.74 Å². The van der Waals surface area contributed by atoms with E-state index in [0.29, 0.717) is 0 Å². The third kappa shape index (κ3) is 0.850. The number of nitriles is 1. The average Bonchev–Trinajstić information content (AvgIpc) is 1.90. The fourth-order valence-corrected chi connectivity index (χ4v) is 0.382. The third-order valence-electron chi connectivity index (χ3n) is 0.721. The Kier molecular flexibility index (Phi) is 1.29. The van der Waals surface area contributed by atoms with E-state index in [9.17, 15) is 0 Å². The first-order valence-electron chi connectivity index (χ1n) is 2.17. The van der Waals surface area contributed by atoms with Gasteiger partial charge in [-0.2, -0.15) is 5.26 Å². The summed E-state index contributed by atoms with van der Waals surface area (Å²) in [4.78, 5) is 3.68. The Balaban J connectivity index is 2.55. The first kappa shape index (κ1) is 4.85. The molecule has 0 saturated heterocycles. The van der Waals surface area contributed by atoms with Crippen LogP contribution in [0.1, 0.15) is 0 Å². The van der Waals surface area contributed by atoms with Gasteiger partial charge in [-0.1, -0.05) is 0 Å². The van der Waals surface area contributed by atoms with Crippen molar-refractivity contribution in [1.82, 2.24) is 0 Å². The molecule has 0 spiro atoms. The van der Waals surface area contributed by atoms with Crippen molar-refractivity contribution < 1.29 is 4.74 Å². The second-order valence-electron chi connectivity index (χ2n) is 1.27. The lowest BCUT2D eigenvalue weighted by molar-refractivity contribution is 0.248. The average molecular weight is 108 g/mol. The van der Waals surface area contributed by atoms with Crippen LogP contribution in [-0.2, 0) is 4.74 Å². The molecular formula is C5H4N2O. The predicted molar refractivity (Wildman–Crippen MR) is 28.1 cm³/mol. The highest BCUT2D eigenvalue weighted by atomic mass is 16.5. The molecule has 0 radical (unpaired) electrons. The number of nitrogens with zero attached hydrogens (tertiary/aromatic N) is 2. The lowest BCUT2D eigenvalue weighted by Crippen LogP contribution is -2.09. The first-order valence-corrected chi connectivity index (χ1v) is 2.17. The molecule has 1 aliphatic rings. The van der Waals surface area contributed by atoms with Gasteiger partial charge in [0.2, 0.25) is 6.10 Å². The number of hydrogen-bond acceptors (Lipinski definition) is 3. The number of hydrogen-bond donors (Lipinski definition) is 0. The summed E-state index contributed by atoms with van der Waals surface area (Å²) in [6, 6.07) is 1.88. The molecule has 0 fully saturated rings. The normalized spacial score (nSPS) is 24.1. The van der Waals surface area contributed by atoms with E-state index >= 15 is 0 Å². The highest BCUT2D eigenvalue weighted by Gasteiger charge is 2.01. The summed E-state index contributed by atoms with van der Waals surface area (Å²) in [7, 11) is 0. The molecule has 0 saturated carbocycles. The van der Waals surface area contributed by atoms with Gasteiger partial charge in [0.1, 0.15) is 12.3 Å². The standard InChI is InChI=1S/C5H4N2O/c6-3-5-4-7-1-2-8-5/h1-2,4-5H. The van der Waals surface area contributed by atoms with E-state index < -0.39 is 6.10 Å². The summed E-state index contributed by atoms with van der Waals surface area (Å²) >= 11 is 0. The molecule has 1 unspecified atom stereocenters. The van der Waals surface area contributed by atoms with Crippen LogP contribution in [0.2, 0.25) is 0 Å². The summed E-state index contributed by atoms with van der Waals surface area (Å²) in [6.07, 6.45) is 3.85. The third-order valence-corrected chi connectivity index (χ3v) is 0.721. The minimum atomic E-state index is -0.486. The van der Waals surface area contributed by atoms with Gasteiger partial charge in [-0.25, -0.2) is 0 Å². The maximum Gasteiger partial charge on any atom is 0.218 e. The second-order valence-corrected chi connectivity index (χ2v) is 1.27. The van der Waals surface area contributed by atoms with Gasteiger partial charge >= 0.3 is 0 Å². The molecule has 1 aliphatic heterocycles. The van der Waals surface area contributed by atoms with Crippen molar-refractivity contribution in [3.05, 3.63) is 12.5 Å². The quantitative estimate of drug-likeness (QED) is 0.452. The van der Waals surface area contributed by atoms with Crippen LogP contribution in [0.15, 0.2) is 17.5 Å². The fraction of sp³-hybridized carbons (Fsp3) is 0.200. The molecule has 1 atom stereocenters. The zero-order valence-corrected chi connectivity index (χ0v) is 4.11. The lowest BCUT2D eigenvalue weighted by Gasteiger charge is -2.03. The van der Waals surface area contributed by atoms with Crippen molar-refractivity contribution in [2.75, 3.05) is 0 Å². The molecule has 3 nitrogen and oxygen atoms in total. The molecule has 0 aromatic carbocycles.